The predicted molar refractivity (Wildman–Crippen MR) is 71.2 cm³/mol. The lowest BCUT2D eigenvalue weighted by Gasteiger charge is -2.14. The zero-order valence-electron chi connectivity index (χ0n) is 11.0. The monoisotopic (exact) mass is 277 g/mol. The normalized spacial score (nSPS) is 26.2. The minimum absolute atomic E-state index is 0.0234. The molecule has 0 amide bonds. The number of pyridine rings is 1. The minimum Gasteiger partial charge on any atom is -0.394 e. The third-order valence-electron chi connectivity index (χ3n) is 3.82. The number of nitrogens with zero attached hydrogens (tertiary/aromatic N) is 3. The average molecular weight is 277 g/mol. The highest BCUT2D eigenvalue weighted by Gasteiger charge is 2.33. The summed E-state index contributed by atoms with van der Waals surface area (Å²) in [6.07, 6.45) is 3.49. The topological polar surface area (TPSA) is 90.4 Å². The highest BCUT2D eigenvalue weighted by atomic mass is 16.6. The molecule has 0 aliphatic carbocycles. The van der Waals surface area contributed by atoms with Crippen LogP contribution in [0.1, 0.15) is 19.6 Å². The summed E-state index contributed by atoms with van der Waals surface area (Å²) in [5, 5.41) is 20.7. The second-order valence-corrected chi connectivity index (χ2v) is 5.07. The Morgan fingerprint density at radius 3 is 3.05 bits per heavy atom. The molecular formula is C13H15N3O4. The lowest BCUT2D eigenvalue weighted by Crippen LogP contribution is -2.18. The Labute approximate surface area is 114 Å². The van der Waals surface area contributed by atoms with E-state index in [-0.39, 0.29) is 30.5 Å². The number of hydrogen-bond acceptors (Lipinski definition) is 5. The van der Waals surface area contributed by atoms with Gasteiger partial charge in [-0.15, -0.1) is 0 Å². The van der Waals surface area contributed by atoms with Crippen LogP contribution in [-0.4, -0.2) is 32.3 Å². The SMILES string of the molecule is CC1C[C@@H](n2ccc3c([N+](=O)[O-])ccnc32)O[C@H]1CO. The standard InChI is InChI=1S/C13H15N3O4/c1-8-6-12(20-11(8)7-17)15-5-3-9-10(16(18)19)2-4-14-13(9)15/h2-5,8,11-12,17H,6-7H2,1H3/t8?,11-,12-/m0/s1. The van der Waals surface area contributed by atoms with Crippen LogP contribution in [0.25, 0.3) is 11.0 Å². The van der Waals surface area contributed by atoms with Gasteiger partial charge in [0.05, 0.1) is 23.0 Å². The van der Waals surface area contributed by atoms with E-state index in [1.807, 2.05) is 6.92 Å². The van der Waals surface area contributed by atoms with Crippen molar-refractivity contribution in [3.05, 3.63) is 34.6 Å². The van der Waals surface area contributed by atoms with E-state index in [9.17, 15) is 15.2 Å². The van der Waals surface area contributed by atoms with Gasteiger partial charge in [-0.1, -0.05) is 6.92 Å². The Balaban J connectivity index is 2.02. The molecule has 1 aliphatic rings. The van der Waals surface area contributed by atoms with E-state index in [1.165, 1.54) is 12.3 Å². The zero-order valence-corrected chi connectivity index (χ0v) is 11.0. The molecule has 3 heterocycles. The highest BCUT2D eigenvalue weighted by Crippen LogP contribution is 2.36. The molecule has 1 N–H and O–H groups in total. The molecule has 0 radical (unpaired) electrons. The second-order valence-electron chi connectivity index (χ2n) is 5.07. The fraction of sp³-hybridized carbons (Fsp3) is 0.462. The van der Waals surface area contributed by atoms with Crippen molar-refractivity contribution in [2.45, 2.75) is 25.7 Å². The number of ether oxygens (including phenoxy) is 1. The van der Waals surface area contributed by atoms with Crippen LogP contribution in [0.15, 0.2) is 24.5 Å². The number of rotatable bonds is 3. The van der Waals surface area contributed by atoms with Crippen LogP contribution in [0.4, 0.5) is 5.69 Å². The van der Waals surface area contributed by atoms with Crippen molar-refractivity contribution >= 4 is 16.7 Å². The molecule has 7 nitrogen and oxygen atoms in total. The molecule has 0 spiro atoms. The summed E-state index contributed by atoms with van der Waals surface area (Å²) in [5.74, 6) is 0.237. The first-order valence-corrected chi connectivity index (χ1v) is 6.48. The van der Waals surface area contributed by atoms with Gasteiger partial charge in [-0.2, -0.15) is 0 Å². The van der Waals surface area contributed by atoms with E-state index in [4.69, 9.17) is 4.74 Å². The third-order valence-corrected chi connectivity index (χ3v) is 3.82. The molecule has 0 aromatic carbocycles. The van der Waals surface area contributed by atoms with Crippen molar-refractivity contribution in [3.8, 4) is 0 Å². The molecule has 3 atom stereocenters. The molecule has 7 heteroatoms. The molecule has 106 valence electrons. The highest BCUT2D eigenvalue weighted by molar-refractivity contribution is 5.85. The second kappa shape index (κ2) is 4.84. The van der Waals surface area contributed by atoms with Gasteiger partial charge in [0.1, 0.15) is 11.9 Å². The molecule has 0 bridgehead atoms. The van der Waals surface area contributed by atoms with Crippen molar-refractivity contribution in [1.82, 2.24) is 9.55 Å². The van der Waals surface area contributed by atoms with Gasteiger partial charge < -0.3 is 14.4 Å². The molecule has 0 saturated carbocycles. The van der Waals surface area contributed by atoms with Gasteiger partial charge in [0.25, 0.3) is 5.69 Å². The first-order valence-electron chi connectivity index (χ1n) is 6.48. The number of aliphatic hydroxyl groups excluding tert-OH is 1. The quantitative estimate of drug-likeness (QED) is 0.683. The summed E-state index contributed by atoms with van der Waals surface area (Å²) >= 11 is 0. The van der Waals surface area contributed by atoms with Crippen molar-refractivity contribution in [2.75, 3.05) is 6.61 Å². The summed E-state index contributed by atoms with van der Waals surface area (Å²) in [7, 11) is 0. The van der Waals surface area contributed by atoms with Gasteiger partial charge in [-0.3, -0.25) is 10.1 Å². The van der Waals surface area contributed by atoms with Crippen LogP contribution < -0.4 is 0 Å². The number of aromatic nitrogens is 2. The number of nitro groups is 1. The van der Waals surface area contributed by atoms with Crippen LogP contribution in [0.2, 0.25) is 0 Å². The first kappa shape index (κ1) is 13.0. The molecule has 1 unspecified atom stereocenters. The van der Waals surface area contributed by atoms with Crippen LogP contribution in [0, 0.1) is 16.0 Å². The molecule has 3 rings (SSSR count). The van der Waals surface area contributed by atoms with E-state index in [1.54, 1.807) is 16.8 Å². The first-order chi connectivity index (χ1) is 9.61. The maximum atomic E-state index is 11.0. The Morgan fingerprint density at radius 2 is 2.40 bits per heavy atom. The van der Waals surface area contributed by atoms with Crippen LogP contribution in [-0.2, 0) is 4.74 Å². The minimum atomic E-state index is -0.414. The average Bonchev–Trinajstić information content (AvgIpc) is 3.01. The van der Waals surface area contributed by atoms with Crippen molar-refractivity contribution in [3.63, 3.8) is 0 Å². The van der Waals surface area contributed by atoms with Crippen molar-refractivity contribution in [1.29, 1.82) is 0 Å². The Hall–Kier alpha value is -1.99. The number of fused-ring (bicyclic) bond motifs is 1. The van der Waals surface area contributed by atoms with E-state index >= 15 is 0 Å². The van der Waals surface area contributed by atoms with Crippen LogP contribution in [0.3, 0.4) is 0 Å². The lowest BCUT2D eigenvalue weighted by atomic mass is 10.0. The maximum Gasteiger partial charge on any atom is 0.281 e. The van der Waals surface area contributed by atoms with Gasteiger partial charge in [-0.25, -0.2) is 4.98 Å². The Bertz CT molecular complexity index is 654. The maximum absolute atomic E-state index is 11.0. The zero-order chi connectivity index (χ0) is 14.3. The smallest absolute Gasteiger partial charge is 0.281 e. The fourth-order valence-corrected chi connectivity index (χ4v) is 2.70. The summed E-state index contributed by atoms with van der Waals surface area (Å²) in [4.78, 5) is 14.8. The fourth-order valence-electron chi connectivity index (χ4n) is 2.70. The molecule has 1 aliphatic heterocycles. The summed E-state index contributed by atoms with van der Waals surface area (Å²) in [6.45, 7) is 1.99. The number of hydrogen-bond donors (Lipinski definition) is 1. The predicted octanol–water partition coefficient (Wildman–Crippen LogP) is 1.86. The molecule has 20 heavy (non-hydrogen) atoms. The van der Waals surface area contributed by atoms with Crippen LogP contribution in [0.5, 0.6) is 0 Å². The van der Waals surface area contributed by atoms with Gasteiger partial charge in [0.2, 0.25) is 0 Å². The molecule has 1 fully saturated rings. The van der Waals surface area contributed by atoms with Gasteiger partial charge in [0.15, 0.2) is 0 Å². The molecule has 2 aromatic heterocycles. The molecular weight excluding hydrogens is 262 g/mol. The lowest BCUT2D eigenvalue weighted by molar-refractivity contribution is -0.383. The van der Waals surface area contributed by atoms with Gasteiger partial charge in [0, 0.05) is 18.5 Å². The van der Waals surface area contributed by atoms with E-state index in [2.05, 4.69) is 4.98 Å². The Morgan fingerprint density at radius 1 is 1.60 bits per heavy atom. The van der Waals surface area contributed by atoms with E-state index < -0.39 is 4.92 Å². The number of aliphatic hydroxyl groups is 1. The Kier molecular flexibility index (Phi) is 3.15. The van der Waals surface area contributed by atoms with Crippen LogP contribution >= 0.6 is 0 Å². The van der Waals surface area contributed by atoms with Gasteiger partial charge >= 0.3 is 0 Å². The molecule has 1 saturated heterocycles. The summed E-state index contributed by atoms with van der Waals surface area (Å²) in [6, 6.07) is 3.07. The summed E-state index contributed by atoms with van der Waals surface area (Å²) in [5.41, 5.74) is 0.577. The van der Waals surface area contributed by atoms with E-state index in [0.29, 0.717) is 11.0 Å². The van der Waals surface area contributed by atoms with Gasteiger partial charge in [-0.05, 0) is 18.4 Å². The van der Waals surface area contributed by atoms with Crippen molar-refractivity contribution < 1.29 is 14.8 Å². The van der Waals surface area contributed by atoms with Crippen molar-refractivity contribution in [2.24, 2.45) is 5.92 Å². The largest absolute Gasteiger partial charge is 0.394 e. The third kappa shape index (κ3) is 1.95. The molecule has 2 aromatic rings. The summed E-state index contributed by atoms with van der Waals surface area (Å²) < 4.78 is 7.58. The van der Waals surface area contributed by atoms with E-state index in [0.717, 1.165) is 6.42 Å².